The van der Waals surface area contributed by atoms with Crippen molar-refractivity contribution >= 4 is 0 Å². The Hall–Kier alpha value is -0.0400. The number of rotatable bonds is 0. The fourth-order valence-corrected chi connectivity index (χ4v) is 4.83. The second kappa shape index (κ2) is 2.31. The third kappa shape index (κ3) is 0.782. The molecule has 0 aliphatic heterocycles. The molecule has 2 bridgehead atoms. The van der Waals surface area contributed by atoms with Gasteiger partial charge in [-0.1, -0.05) is 12.8 Å². The molecular weight excluding hydrogens is 158 g/mol. The lowest BCUT2D eigenvalue weighted by molar-refractivity contribution is 0.0677. The quantitative estimate of drug-likeness (QED) is 0.608. The summed E-state index contributed by atoms with van der Waals surface area (Å²) in [7, 11) is 0. The molecule has 13 heavy (non-hydrogen) atoms. The molecule has 0 saturated heterocycles. The molecule has 74 valence electrons. The standard InChI is InChI=1S/C12H21N/c1-11(13)9-4-5-10(8-9)12(11)6-2-3-7-12/h9-10H,2-8,13H2,1H3/t9-,10+,11+/m1/s1. The Morgan fingerprint density at radius 3 is 2.23 bits per heavy atom. The molecule has 3 atom stereocenters. The van der Waals surface area contributed by atoms with Gasteiger partial charge in [0.1, 0.15) is 0 Å². The molecule has 0 heterocycles. The van der Waals surface area contributed by atoms with Crippen LogP contribution < -0.4 is 5.73 Å². The second-order valence-corrected chi connectivity index (χ2v) is 5.85. The predicted octanol–water partition coefficient (Wildman–Crippen LogP) is 2.69. The van der Waals surface area contributed by atoms with Gasteiger partial charge in [-0.15, -0.1) is 0 Å². The lowest BCUT2D eigenvalue weighted by Gasteiger charge is -2.47. The van der Waals surface area contributed by atoms with Crippen LogP contribution in [0.1, 0.15) is 51.9 Å². The molecule has 0 aromatic rings. The first-order valence-corrected chi connectivity index (χ1v) is 5.96. The van der Waals surface area contributed by atoms with Crippen LogP contribution >= 0.6 is 0 Å². The molecule has 0 aromatic heterocycles. The summed E-state index contributed by atoms with van der Waals surface area (Å²) in [6, 6.07) is 0. The molecule has 3 fully saturated rings. The minimum atomic E-state index is 0.187. The van der Waals surface area contributed by atoms with Gasteiger partial charge in [-0.25, -0.2) is 0 Å². The fourth-order valence-electron chi connectivity index (χ4n) is 4.83. The highest BCUT2D eigenvalue weighted by molar-refractivity contribution is 5.17. The average Bonchev–Trinajstić information content (AvgIpc) is 2.75. The number of fused-ring (bicyclic) bond motifs is 3. The maximum Gasteiger partial charge on any atom is 0.0214 e. The van der Waals surface area contributed by atoms with Crippen molar-refractivity contribution in [3.8, 4) is 0 Å². The Bertz CT molecular complexity index is 225. The van der Waals surface area contributed by atoms with Gasteiger partial charge in [0.05, 0.1) is 0 Å². The van der Waals surface area contributed by atoms with Crippen molar-refractivity contribution in [1.82, 2.24) is 0 Å². The maximum atomic E-state index is 6.60. The van der Waals surface area contributed by atoms with Crippen molar-refractivity contribution in [2.75, 3.05) is 0 Å². The molecule has 2 N–H and O–H groups in total. The summed E-state index contributed by atoms with van der Waals surface area (Å²) in [5.74, 6) is 1.85. The molecule has 3 saturated carbocycles. The van der Waals surface area contributed by atoms with E-state index < -0.39 is 0 Å². The van der Waals surface area contributed by atoms with E-state index in [1.54, 1.807) is 0 Å². The predicted molar refractivity (Wildman–Crippen MR) is 54.3 cm³/mol. The highest BCUT2D eigenvalue weighted by atomic mass is 14.9. The van der Waals surface area contributed by atoms with E-state index in [9.17, 15) is 0 Å². The van der Waals surface area contributed by atoms with Crippen molar-refractivity contribution in [1.29, 1.82) is 0 Å². The summed E-state index contributed by atoms with van der Waals surface area (Å²) in [6.45, 7) is 2.35. The molecule has 3 rings (SSSR count). The first-order valence-electron chi connectivity index (χ1n) is 5.96. The van der Waals surface area contributed by atoms with Crippen LogP contribution in [0.5, 0.6) is 0 Å². The zero-order valence-electron chi connectivity index (χ0n) is 8.68. The third-order valence-corrected chi connectivity index (χ3v) is 5.63. The van der Waals surface area contributed by atoms with E-state index in [0.29, 0.717) is 5.41 Å². The van der Waals surface area contributed by atoms with Gasteiger partial charge in [0.15, 0.2) is 0 Å². The van der Waals surface area contributed by atoms with Crippen LogP contribution in [0.4, 0.5) is 0 Å². The molecule has 0 amide bonds. The van der Waals surface area contributed by atoms with E-state index in [1.807, 2.05) is 0 Å². The van der Waals surface area contributed by atoms with Crippen LogP contribution in [0.3, 0.4) is 0 Å². The SMILES string of the molecule is C[C@]1(N)[C@@H]2CC[C@@H](C2)C12CCCC2. The Kier molecular flexibility index (Phi) is 1.47. The van der Waals surface area contributed by atoms with Crippen LogP contribution in [-0.2, 0) is 0 Å². The van der Waals surface area contributed by atoms with Gasteiger partial charge in [0, 0.05) is 5.54 Å². The number of hydrogen-bond acceptors (Lipinski definition) is 1. The normalized spacial score (nSPS) is 52.2. The average molecular weight is 179 g/mol. The van der Waals surface area contributed by atoms with E-state index in [0.717, 1.165) is 11.8 Å². The van der Waals surface area contributed by atoms with Crippen molar-refractivity contribution in [3.63, 3.8) is 0 Å². The highest BCUT2D eigenvalue weighted by Gasteiger charge is 2.63. The summed E-state index contributed by atoms with van der Waals surface area (Å²) in [4.78, 5) is 0. The Labute approximate surface area is 81.1 Å². The Morgan fingerprint density at radius 1 is 1.08 bits per heavy atom. The van der Waals surface area contributed by atoms with Gasteiger partial charge in [-0.3, -0.25) is 0 Å². The zero-order chi connectivity index (χ0) is 9.10. The third-order valence-electron chi connectivity index (χ3n) is 5.63. The summed E-state index contributed by atoms with van der Waals surface area (Å²) >= 11 is 0. The summed E-state index contributed by atoms with van der Waals surface area (Å²) in [6.07, 6.45) is 10.1. The van der Waals surface area contributed by atoms with E-state index in [2.05, 4.69) is 6.92 Å². The van der Waals surface area contributed by atoms with Gasteiger partial charge in [0.25, 0.3) is 0 Å². The minimum absolute atomic E-state index is 0.187. The van der Waals surface area contributed by atoms with E-state index in [-0.39, 0.29) is 5.54 Å². The van der Waals surface area contributed by atoms with Gasteiger partial charge < -0.3 is 5.73 Å². The minimum Gasteiger partial charge on any atom is -0.325 e. The van der Waals surface area contributed by atoms with Crippen LogP contribution in [0.15, 0.2) is 0 Å². The van der Waals surface area contributed by atoms with Crippen LogP contribution in [-0.4, -0.2) is 5.54 Å². The Morgan fingerprint density at radius 2 is 1.69 bits per heavy atom. The van der Waals surface area contributed by atoms with E-state index >= 15 is 0 Å². The zero-order valence-corrected chi connectivity index (χ0v) is 8.68. The van der Waals surface area contributed by atoms with Gasteiger partial charge in [0.2, 0.25) is 0 Å². The lowest BCUT2D eigenvalue weighted by Crippen LogP contribution is -2.55. The smallest absolute Gasteiger partial charge is 0.0214 e. The number of hydrogen-bond donors (Lipinski definition) is 1. The van der Waals surface area contributed by atoms with Crippen molar-refractivity contribution in [2.45, 2.75) is 57.4 Å². The monoisotopic (exact) mass is 179 g/mol. The van der Waals surface area contributed by atoms with Gasteiger partial charge in [-0.05, 0) is 56.3 Å². The van der Waals surface area contributed by atoms with Gasteiger partial charge in [-0.2, -0.15) is 0 Å². The van der Waals surface area contributed by atoms with Crippen LogP contribution in [0.2, 0.25) is 0 Å². The summed E-state index contributed by atoms with van der Waals surface area (Å²) < 4.78 is 0. The molecule has 0 aromatic carbocycles. The molecule has 1 heteroatoms. The van der Waals surface area contributed by atoms with E-state index in [1.165, 1.54) is 44.9 Å². The molecule has 3 aliphatic rings. The Balaban J connectivity index is 2.02. The van der Waals surface area contributed by atoms with Gasteiger partial charge >= 0.3 is 0 Å². The highest BCUT2D eigenvalue weighted by Crippen LogP contribution is 2.66. The maximum absolute atomic E-state index is 6.60. The van der Waals surface area contributed by atoms with Crippen molar-refractivity contribution in [2.24, 2.45) is 23.0 Å². The molecular formula is C12H21N. The molecule has 0 radical (unpaired) electrons. The molecule has 0 unspecified atom stereocenters. The first kappa shape index (κ1) is 8.28. The number of nitrogens with two attached hydrogens (primary N) is 1. The summed E-state index contributed by atoms with van der Waals surface area (Å²) in [5.41, 5.74) is 7.37. The molecule has 3 aliphatic carbocycles. The van der Waals surface area contributed by atoms with Crippen LogP contribution in [0.25, 0.3) is 0 Å². The van der Waals surface area contributed by atoms with Crippen molar-refractivity contribution < 1.29 is 0 Å². The first-order chi connectivity index (χ1) is 6.17. The fraction of sp³-hybridized carbons (Fsp3) is 1.00. The largest absolute Gasteiger partial charge is 0.325 e. The van der Waals surface area contributed by atoms with E-state index in [4.69, 9.17) is 5.73 Å². The van der Waals surface area contributed by atoms with Crippen LogP contribution in [0, 0.1) is 17.3 Å². The molecule has 1 nitrogen and oxygen atoms in total. The lowest BCUT2D eigenvalue weighted by atomic mass is 9.61. The topological polar surface area (TPSA) is 26.0 Å². The summed E-state index contributed by atoms with van der Waals surface area (Å²) in [5, 5.41) is 0. The molecule has 1 spiro atoms. The second-order valence-electron chi connectivity index (χ2n) is 5.85. The van der Waals surface area contributed by atoms with Crippen molar-refractivity contribution in [3.05, 3.63) is 0 Å².